The number of carbonyl (C=O) groups is 2. The molecule has 3 aromatic rings. The number of amides is 1. The summed E-state index contributed by atoms with van der Waals surface area (Å²) in [5.74, 6) is -2.91. The maximum absolute atomic E-state index is 13.7. The van der Waals surface area contributed by atoms with Gasteiger partial charge in [0.1, 0.15) is 0 Å². The van der Waals surface area contributed by atoms with E-state index in [-0.39, 0.29) is 5.57 Å². The number of hydrogen-bond donors (Lipinski definition) is 0. The van der Waals surface area contributed by atoms with E-state index in [4.69, 9.17) is 4.74 Å². The molecule has 2 aromatic carbocycles. The van der Waals surface area contributed by atoms with Crippen LogP contribution in [-0.4, -0.2) is 67.3 Å². The number of hydrogen-bond acceptors (Lipinski definition) is 8. The summed E-state index contributed by atoms with van der Waals surface area (Å²) in [4.78, 5) is 31.8. The largest absolute Gasteiger partial charge is 0.451 e. The summed E-state index contributed by atoms with van der Waals surface area (Å²) in [6.45, 7) is -0.636. The number of sulfone groups is 2. The van der Waals surface area contributed by atoms with Gasteiger partial charge < -0.3 is 9.64 Å². The number of esters is 1. The summed E-state index contributed by atoms with van der Waals surface area (Å²) in [5.41, 5.74) is 1.52. The molecule has 0 bridgehead atoms. The van der Waals surface area contributed by atoms with E-state index in [0.29, 0.717) is 16.8 Å². The van der Waals surface area contributed by atoms with Crippen LogP contribution in [0.25, 0.3) is 6.08 Å². The minimum Gasteiger partial charge on any atom is -0.451 e. The molecule has 0 spiro atoms. The fourth-order valence-electron chi connectivity index (χ4n) is 4.80. The van der Waals surface area contributed by atoms with Crippen LogP contribution in [0, 0.1) is 0 Å². The van der Waals surface area contributed by atoms with Crippen molar-refractivity contribution >= 4 is 37.6 Å². The molecule has 2 fully saturated rings. The Kier molecular flexibility index (Phi) is 6.44. The monoisotopic (exact) mass is 552 g/mol. The van der Waals surface area contributed by atoms with Crippen molar-refractivity contribution in [2.24, 2.45) is 0 Å². The van der Waals surface area contributed by atoms with Crippen molar-refractivity contribution in [1.82, 2.24) is 9.88 Å². The molecule has 5 rings (SSSR count). The van der Waals surface area contributed by atoms with Crippen LogP contribution >= 0.6 is 0 Å². The molecule has 1 unspecified atom stereocenters. The predicted molar refractivity (Wildman–Crippen MR) is 140 cm³/mol. The Morgan fingerprint density at radius 1 is 1.03 bits per heavy atom. The van der Waals surface area contributed by atoms with Gasteiger partial charge in [-0.15, -0.1) is 0 Å². The van der Waals surface area contributed by atoms with E-state index >= 15 is 0 Å². The summed E-state index contributed by atoms with van der Waals surface area (Å²) in [5, 5.41) is -1.36. The molecule has 0 N–H and O–H groups in total. The number of nitrogens with zero attached hydrogens (tertiary/aromatic N) is 2. The van der Waals surface area contributed by atoms with Gasteiger partial charge in [0.15, 0.2) is 35.9 Å². The van der Waals surface area contributed by atoms with Crippen molar-refractivity contribution in [2.45, 2.75) is 16.2 Å². The van der Waals surface area contributed by atoms with Gasteiger partial charge in [0.05, 0.1) is 23.6 Å². The van der Waals surface area contributed by atoms with Crippen LogP contribution < -0.4 is 0 Å². The zero-order valence-corrected chi connectivity index (χ0v) is 21.9. The highest BCUT2D eigenvalue weighted by Crippen LogP contribution is 2.42. The van der Waals surface area contributed by atoms with E-state index in [9.17, 15) is 26.4 Å². The van der Waals surface area contributed by atoms with Crippen LogP contribution in [0.15, 0.2) is 90.6 Å². The van der Waals surface area contributed by atoms with Crippen LogP contribution in [-0.2, 0) is 34.0 Å². The van der Waals surface area contributed by atoms with Crippen LogP contribution in [0.2, 0.25) is 0 Å². The second-order valence-corrected chi connectivity index (χ2v) is 13.7. The highest BCUT2D eigenvalue weighted by Gasteiger charge is 2.66. The quantitative estimate of drug-likeness (QED) is 0.259. The van der Waals surface area contributed by atoms with Crippen LogP contribution in [0.3, 0.4) is 0 Å². The van der Waals surface area contributed by atoms with Gasteiger partial charge in [-0.05, 0) is 29.3 Å². The number of fused-ring (bicyclic) bond motifs is 1. The van der Waals surface area contributed by atoms with E-state index in [1.165, 1.54) is 12.3 Å². The summed E-state index contributed by atoms with van der Waals surface area (Å²) >= 11 is 0. The summed E-state index contributed by atoms with van der Waals surface area (Å²) in [6.07, 6.45) is 2.67. The summed E-state index contributed by atoms with van der Waals surface area (Å²) in [6, 6.07) is 22.4. The van der Waals surface area contributed by atoms with Crippen LogP contribution in [0.5, 0.6) is 0 Å². The first-order valence-electron chi connectivity index (χ1n) is 11.7. The number of rotatable bonds is 6. The predicted octanol–water partition coefficient (Wildman–Crippen LogP) is 2.18. The molecule has 0 radical (unpaired) electrons. The molecule has 3 heterocycles. The van der Waals surface area contributed by atoms with Gasteiger partial charge in [0.25, 0.3) is 5.91 Å². The third kappa shape index (κ3) is 4.41. The molecule has 2 aliphatic rings. The highest BCUT2D eigenvalue weighted by molar-refractivity contribution is 7.97. The second-order valence-electron chi connectivity index (χ2n) is 9.32. The standard InChI is InChI=1S/C27H24N2O7S2/c1-37(32,33)27(26(31)36-23(19-10-4-2-5-11-19)20-12-6-3-7-13-20)17-29-24(30)22(25(29)38(34,35)18-27)16-21-14-8-9-15-28-21/h2-16,23,25H,17-18H2,1H3/t25-,27?/m1/s1. The molecular formula is C27H24N2O7S2. The molecule has 2 aliphatic heterocycles. The number of aromatic nitrogens is 1. The van der Waals surface area contributed by atoms with Gasteiger partial charge in [-0.25, -0.2) is 16.8 Å². The molecular weight excluding hydrogens is 528 g/mol. The first-order chi connectivity index (χ1) is 18.0. The molecule has 0 aliphatic carbocycles. The van der Waals surface area contributed by atoms with Gasteiger partial charge in [-0.2, -0.15) is 0 Å². The van der Waals surface area contributed by atoms with Gasteiger partial charge in [0.2, 0.25) is 0 Å². The zero-order chi connectivity index (χ0) is 27.1. The van der Waals surface area contributed by atoms with Gasteiger partial charge in [-0.1, -0.05) is 66.7 Å². The van der Waals surface area contributed by atoms with Crippen molar-refractivity contribution in [1.29, 1.82) is 0 Å². The number of benzene rings is 2. The fourth-order valence-corrected chi connectivity index (χ4v) is 9.00. The smallest absolute Gasteiger partial charge is 0.331 e. The molecule has 0 saturated carbocycles. The Bertz CT molecular complexity index is 1580. The first kappa shape index (κ1) is 25.8. The number of pyridine rings is 1. The van der Waals surface area contributed by atoms with Crippen molar-refractivity contribution in [3.63, 3.8) is 0 Å². The maximum atomic E-state index is 13.7. The molecule has 196 valence electrons. The first-order valence-corrected chi connectivity index (χ1v) is 15.3. The Hall–Kier alpha value is -3.83. The van der Waals surface area contributed by atoms with Gasteiger partial charge in [0, 0.05) is 12.5 Å². The Labute approximate surface area is 220 Å². The SMILES string of the molecule is CS(=O)(=O)C1(C(=O)OC(c2ccccc2)c2ccccc2)CN2C(=O)C(=Cc3ccccn3)[C@H]2S(=O)(=O)C1. The molecule has 9 nitrogen and oxygen atoms in total. The minimum absolute atomic E-state index is 0.0226. The number of ether oxygens (including phenoxy) is 1. The van der Waals surface area contributed by atoms with E-state index in [2.05, 4.69) is 4.98 Å². The third-order valence-corrected chi connectivity index (χ3v) is 10.9. The van der Waals surface area contributed by atoms with Crippen molar-refractivity contribution in [3.8, 4) is 0 Å². The summed E-state index contributed by atoms with van der Waals surface area (Å²) < 4.78 is 56.5. The van der Waals surface area contributed by atoms with E-state index in [1.807, 2.05) is 0 Å². The van der Waals surface area contributed by atoms with Gasteiger partial charge in [-0.3, -0.25) is 14.6 Å². The third-order valence-electron chi connectivity index (χ3n) is 6.76. The summed E-state index contributed by atoms with van der Waals surface area (Å²) in [7, 11) is -8.67. The second kappa shape index (κ2) is 9.48. The van der Waals surface area contributed by atoms with Crippen LogP contribution in [0.4, 0.5) is 0 Å². The Morgan fingerprint density at radius 2 is 1.61 bits per heavy atom. The zero-order valence-electron chi connectivity index (χ0n) is 20.3. The lowest BCUT2D eigenvalue weighted by Crippen LogP contribution is -2.73. The minimum atomic E-state index is -4.37. The Balaban J connectivity index is 1.52. The molecule has 38 heavy (non-hydrogen) atoms. The lowest BCUT2D eigenvalue weighted by atomic mass is 9.99. The van der Waals surface area contributed by atoms with Crippen molar-refractivity contribution < 1.29 is 31.2 Å². The average molecular weight is 553 g/mol. The highest BCUT2D eigenvalue weighted by atomic mass is 32.2. The fraction of sp³-hybridized carbons (Fsp3) is 0.222. The molecule has 2 saturated heterocycles. The number of carbonyl (C=O) groups excluding carboxylic acids is 2. The number of β-lactam (4-membered cyclic amide) rings is 1. The normalized spacial score (nSPS) is 23.5. The topological polar surface area (TPSA) is 128 Å². The lowest BCUT2D eigenvalue weighted by molar-refractivity contribution is -0.152. The van der Waals surface area contributed by atoms with E-state index < -0.39 is 60.1 Å². The Morgan fingerprint density at radius 3 is 2.13 bits per heavy atom. The molecule has 2 atom stereocenters. The molecule has 1 aromatic heterocycles. The van der Waals surface area contributed by atoms with Gasteiger partial charge >= 0.3 is 5.97 Å². The van der Waals surface area contributed by atoms with E-state index in [1.54, 1.807) is 78.9 Å². The molecule has 1 amide bonds. The van der Waals surface area contributed by atoms with Crippen LogP contribution in [0.1, 0.15) is 22.9 Å². The average Bonchev–Trinajstić information content (AvgIpc) is 2.90. The van der Waals surface area contributed by atoms with E-state index in [0.717, 1.165) is 11.2 Å². The van der Waals surface area contributed by atoms with Crippen molar-refractivity contribution in [3.05, 3.63) is 107 Å². The molecule has 11 heteroatoms. The van der Waals surface area contributed by atoms with Crippen molar-refractivity contribution in [2.75, 3.05) is 18.6 Å². The maximum Gasteiger partial charge on any atom is 0.331 e. The lowest BCUT2D eigenvalue weighted by Gasteiger charge is -2.50.